The first-order valence-electron chi connectivity index (χ1n) is 8.23. The second-order valence-electron chi connectivity index (χ2n) is 5.55. The van der Waals surface area contributed by atoms with Gasteiger partial charge >= 0.3 is 6.18 Å². The minimum atomic E-state index is -4.65. The summed E-state index contributed by atoms with van der Waals surface area (Å²) in [5.41, 5.74) is 0. The van der Waals surface area contributed by atoms with Crippen molar-refractivity contribution in [2.75, 3.05) is 0 Å². The van der Waals surface area contributed by atoms with Crippen molar-refractivity contribution in [1.29, 1.82) is 0 Å². The second kappa shape index (κ2) is 12.9. The number of hydrogen-bond acceptors (Lipinski definition) is 1. The number of carbonyl (C=O) groups is 1. The molecular weight excluding hydrogens is 277 g/mol. The van der Waals surface area contributed by atoms with Crippen LogP contribution in [-0.2, 0) is 4.79 Å². The average Bonchev–Trinajstić information content (AvgIpc) is 2.42. The van der Waals surface area contributed by atoms with Gasteiger partial charge in [0.2, 0.25) is 5.78 Å². The highest BCUT2D eigenvalue weighted by Gasteiger charge is 2.36. The van der Waals surface area contributed by atoms with E-state index < -0.39 is 12.0 Å². The van der Waals surface area contributed by atoms with Crippen molar-refractivity contribution in [3.8, 4) is 0 Å². The molecule has 0 aromatic rings. The molecule has 0 rings (SSSR count). The Morgan fingerprint density at radius 3 is 1.76 bits per heavy atom. The van der Waals surface area contributed by atoms with Crippen LogP contribution in [0.25, 0.3) is 0 Å². The Bertz CT molecular complexity index is 282. The normalized spacial score (nSPS) is 12.2. The summed E-state index contributed by atoms with van der Waals surface area (Å²) in [5.74, 6) is -1.59. The first-order chi connectivity index (χ1) is 9.98. The molecule has 0 aliphatic carbocycles. The number of carbonyl (C=O) groups excluding carboxylic acids is 1. The third-order valence-electron chi connectivity index (χ3n) is 3.48. The smallest absolute Gasteiger partial charge is 0.290 e. The minimum Gasteiger partial charge on any atom is -0.290 e. The Labute approximate surface area is 127 Å². The van der Waals surface area contributed by atoms with Crippen molar-refractivity contribution >= 4 is 5.78 Å². The van der Waals surface area contributed by atoms with Crippen LogP contribution in [0.3, 0.4) is 0 Å². The molecular formula is C17H29F3O. The Balaban J connectivity index is 3.27. The summed E-state index contributed by atoms with van der Waals surface area (Å²) < 4.78 is 35.8. The molecule has 124 valence electrons. The van der Waals surface area contributed by atoms with E-state index in [2.05, 4.69) is 19.1 Å². The second-order valence-corrected chi connectivity index (χ2v) is 5.55. The zero-order valence-electron chi connectivity index (χ0n) is 13.2. The van der Waals surface area contributed by atoms with Crippen LogP contribution in [0.4, 0.5) is 13.2 Å². The number of Topliss-reactive ketones (excluding diaryl/α,β-unsaturated/α-hetero) is 1. The van der Waals surface area contributed by atoms with Crippen molar-refractivity contribution in [3.05, 3.63) is 12.2 Å². The van der Waals surface area contributed by atoms with Crippen LogP contribution < -0.4 is 0 Å². The number of halogens is 3. The molecule has 0 N–H and O–H groups in total. The molecule has 0 radical (unpaired) electrons. The van der Waals surface area contributed by atoms with E-state index in [0.29, 0.717) is 12.8 Å². The van der Waals surface area contributed by atoms with Crippen molar-refractivity contribution in [2.45, 2.75) is 90.1 Å². The Morgan fingerprint density at radius 2 is 1.29 bits per heavy atom. The summed E-state index contributed by atoms with van der Waals surface area (Å²) in [5, 5.41) is 0. The maximum absolute atomic E-state index is 11.9. The van der Waals surface area contributed by atoms with E-state index in [9.17, 15) is 18.0 Å². The van der Waals surface area contributed by atoms with Crippen molar-refractivity contribution in [2.24, 2.45) is 0 Å². The van der Waals surface area contributed by atoms with Crippen molar-refractivity contribution in [3.63, 3.8) is 0 Å². The lowest BCUT2D eigenvalue weighted by molar-refractivity contribution is -0.171. The molecule has 0 aromatic carbocycles. The Morgan fingerprint density at radius 1 is 0.810 bits per heavy atom. The van der Waals surface area contributed by atoms with Gasteiger partial charge in [-0.3, -0.25) is 4.79 Å². The van der Waals surface area contributed by atoms with Crippen molar-refractivity contribution < 1.29 is 18.0 Å². The lowest BCUT2D eigenvalue weighted by Gasteiger charge is -2.04. The molecule has 0 heterocycles. The molecule has 0 aliphatic heterocycles. The lowest BCUT2D eigenvalue weighted by atomic mass is 10.1. The van der Waals surface area contributed by atoms with E-state index in [4.69, 9.17) is 0 Å². The van der Waals surface area contributed by atoms with Gasteiger partial charge < -0.3 is 0 Å². The predicted octanol–water partition coefficient (Wildman–Crippen LogP) is 6.38. The molecule has 0 amide bonds. The molecule has 0 fully saturated rings. The van der Waals surface area contributed by atoms with Gasteiger partial charge in [-0.1, -0.05) is 57.6 Å². The molecule has 0 saturated heterocycles. The highest BCUT2D eigenvalue weighted by atomic mass is 19.4. The van der Waals surface area contributed by atoms with Crippen LogP contribution in [0.1, 0.15) is 84.0 Å². The first kappa shape index (κ1) is 20.2. The number of alkyl halides is 3. The fraction of sp³-hybridized carbons (Fsp3) is 0.824. The van der Waals surface area contributed by atoms with Gasteiger partial charge in [0, 0.05) is 6.42 Å². The van der Waals surface area contributed by atoms with Crippen LogP contribution in [-0.4, -0.2) is 12.0 Å². The number of unbranched alkanes of at least 4 members (excludes halogenated alkanes) is 9. The summed E-state index contributed by atoms with van der Waals surface area (Å²) in [4.78, 5) is 10.6. The first-order valence-corrected chi connectivity index (χ1v) is 8.23. The molecule has 0 atom stereocenters. The average molecular weight is 306 g/mol. The highest BCUT2D eigenvalue weighted by Crippen LogP contribution is 2.19. The quantitative estimate of drug-likeness (QED) is 0.285. The fourth-order valence-corrected chi connectivity index (χ4v) is 2.14. The van der Waals surface area contributed by atoms with E-state index in [-0.39, 0.29) is 6.42 Å². The topological polar surface area (TPSA) is 17.1 Å². The molecule has 0 spiro atoms. The van der Waals surface area contributed by atoms with Crippen molar-refractivity contribution in [1.82, 2.24) is 0 Å². The zero-order valence-corrected chi connectivity index (χ0v) is 13.2. The molecule has 1 nitrogen and oxygen atoms in total. The molecule has 0 bridgehead atoms. The largest absolute Gasteiger partial charge is 0.449 e. The van der Waals surface area contributed by atoms with Gasteiger partial charge in [-0.2, -0.15) is 13.2 Å². The Hall–Kier alpha value is -0.800. The van der Waals surface area contributed by atoms with Gasteiger partial charge in [0.15, 0.2) is 0 Å². The summed E-state index contributed by atoms with van der Waals surface area (Å²) in [6.07, 6.45) is 10.9. The Kier molecular flexibility index (Phi) is 12.4. The van der Waals surface area contributed by atoms with Gasteiger partial charge in [0.25, 0.3) is 0 Å². The number of hydrogen-bond donors (Lipinski definition) is 0. The van der Waals surface area contributed by atoms with E-state index in [1.165, 1.54) is 32.1 Å². The maximum Gasteiger partial charge on any atom is 0.449 e. The lowest BCUT2D eigenvalue weighted by Crippen LogP contribution is -2.22. The van der Waals surface area contributed by atoms with Gasteiger partial charge in [-0.05, 0) is 32.1 Å². The SMILES string of the molecule is CCCCCCC/C=C/CCCCCCC(=O)C(F)(F)F. The maximum atomic E-state index is 11.9. The molecule has 0 unspecified atom stereocenters. The van der Waals surface area contributed by atoms with Gasteiger partial charge in [-0.15, -0.1) is 0 Å². The summed E-state index contributed by atoms with van der Waals surface area (Å²) in [7, 11) is 0. The van der Waals surface area contributed by atoms with Gasteiger partial charge in [0.05, 0.1) is 0 Å². The minimum absolute atomic E-state index is 0.347. The number of ketones is 1. The molecule has 0 aliphatic rings. The standard InChI is InChI=1S/C17H29F3O/c1-2-3-4-5-6-7-8-9-10-11-12-13-14-15-16(21)17(18,19)20/h8-9H,2-7,10-15H2,1H3/b9-8+. The predicted molar refractivity (Wildman–Crippen MR) is 81.3 cm³/mol. The molecule has 21 heavy (non-hydrogen) atoms. The summed E-state index contributed by atoms with van der Waals surface area (Å²) >= 11 is 0. The summed E-state index contributed by atoms with van der Waals surface area (Å²) in [6, 6.07) is 0. The van der Waals surface area contributed by atoms with Gasteiger partial charge in [-0.25, -0.2) is 0 Å². The number of rotatable bonds is 13. The fourth-order valence-electron chi connectivity index (χ4n) is 2.14. The number of allylic oxidation sites excluding steroid dienone is 2. The summed E-state index contributed by atoms with van der Waals surface area (Å²) in [6.45, 7) is 2.21. The van der Waals surface area contributed by atoms with E-state index in [1.807, 2.05) is 0 Å². The molecule has 4 heteroatoms. The monoisotopic (exact) mass is 306 g/mol. The molecule has 0 aromatic heterocycles. The van der Waals surface area contributed by atoms with E-state index in [0.717, 1.165) is 25.7 Å². The van der Waals surface area contributed by atoms with Crippen LogP contribution >= 0.6 is 0 Å². The zero-order chi connectivity index (χ0) is 16.0. The van der Waals surface area contributed by atoms with E-state index in [1.54, 1.807) is 0 Å². The van der Waals surface area contributed by atoms with Crippen LogP contribution in [0.15, 0.2) is 12.2 Å². The van der Waals surface area contributed by atoms with Crippen LogP contribution in [0, 0.1) is 0 Å². The molecule has 0 saturated carbocycles. The van der Waals surface area contributed by atoms with Gasteiger partial charge in [0.1, 0.15) is 0 Å². The van der Waals surface area contributed by atoms with Crippen LogP contribution in [0.2, 0.25) is 0 Å². The third-order valence-corrected chi connectivity index (χ3v) is 3.48. The third kappa shape index (κ3) is 13.9. The highest BCUT2D eigenvalue weighted by molar-refractivity contribution is 5.83. The van der Waals surface area contributed by atoms with Crippen LogP contribution in [0.5, 0.6) is 0 Å². The van der Waals surface area contributed by atoms with E-state index >= 15 is 0 Å².